The van der Waals surface area contributed by atoms with E-state index in [0.29, 0.717) is 6.42 Å². The van der Waals surface area contributed by atoms with Crippen LogP contribution in [0.4, 0.5) is 0 Å². The van der Waals surface area contributed by atoms with Gasteiger partial charge in [-0.1, -0.05) is 48.0 Å². The van der Waals surface area contributed by atoms with E-state index in [1.54, 1.807) is 0 Å². The lowest BCUT2D eigenvalue weighted by molar-refractivity contribution is -0.00739. The second-order valence-electron chi connectivity index (χ2n) is 4.10. The summed E-state index contributed by atoms with van der Waals surface area (Å²) >= 11 is 3.42. The third-order valence-electron chi connectivity index (χ3n) is 2.46. The highest BCUT2D eigenvalue weighted by Gasteiger charge is 2.20. The molecule has 0 aliphatic rings. The molecule has 1 rings (SSSR count). The van der Waals surface area contributed by atoms with Gasteiger partial charge in [0.15, 0.2) is 0 Å². The summed E-state index contributed by atoms with van der Waals surface area (Å²) in [5, 5.41) is 19.5. The summed E-state index contributed by atoms with van der Waals surface area (Å²) in [7, 11) is 0. The molecule has 0 spiro atoms. The van der Waals surface area contributed by atoms with Crippen LogP contribution in [0.1, 0.15) is 19.4 Å². The minimum Gasteiger partial charge on any atom is -0.390 e. The second-order valence-corrected chi connectivity index (χ2v) is 4.95. The van der Waals surface area contributed by atoms with Gasteiger partial charge in [0.05, 0.1) is 12.2 Å². The van der Waals surface area contributed by atoms with Crippen LogP contribution < -0.4 is 0 Å². The lowest BCUT2D eigenvalue weighted by Crippen LogP contribution is -2.32. The van der Waals surface area contributed by atoms with Crippen LogP contribution >= 0.6 is 15.9 Å². The molecule has 0 radical (unpaired) electrons. The Bertz CT molecular complexity index is 312. The SMILES string of the molecule is CC(C)C(O)C(O)Cc1ccccc1Br. The quantitative estimate of drug-likeness (QED) is 0.884. The number of aliphatic hydroxyl groups excluding tert-OH is 2. The zero-order chi connectivity index (χ0) is 11.4. The van der Waals surface area contributed by atoms with E-state index in [0.717, 1.165) is 10.0 Å². The molecule has 3 heteroatoms. The van der Waals surface area contributed by atoms with Crippen LogP contribution in [0.15, 0.2) is 28.7 Å². The van der Waals surface area contributed by atoms with Gasteiger partial charge < -0.3 is 10.2 Å². The molecule has 2 nitrogen and oxygen atoms in total. The van der Waals surface area contributed by atoms with Crippen molar-refractivity contribution in [1.82, 2.24) is 0 Å². The van der Waals surface area contributed by atoms with E-state index in [1.807, 2.05) is 38.1 Å². The molecule has 0 aliphatic carbocycles. The Balaban J connectivity index is 2.66. The lowest BCUT2D eigenvalue weighted by atomic mass is 9.96. The monoisotopic (exact) mass is 272 g/mol. The van der Waals surface area contributed by atoms with Gasteiger partial charge in [0.1, 0.15) is 0 Å². The maximum absolute atomic E-state index is 9.80. The fraction of sp³-hybridized carbons (Fsp3) is 0.500. The second kappa shape index (κ2) is 5.64. The van der Waals surface area contributed by atoms with Gasteiger partial charge in [0.25, 0.3) is 0 Å². The van der Waals surface area contributed by atoms with Crippen molar-refractivity contribution in [3.63, 3.8) is 0 Å². The van der Waals surface area contributed by atoms with Crippen LogP contribution in [-0.4, -0.2) is 22.4 Å². The van der Waals surface area contributed by atoms with Crippen molar-refractivity contribution in [3.05, 3.63) is 34.3 Å². The third-order valence-corrected chi connectivity index (χ3v) is 3.24. The molecule has 84 valence electrons. The molecule has 15 heavy (non-hydrogen) atoms. The maximum atomic E-state index is 9.80. The first kappa shape index (κ1) is 12.7. The van der Waals surface area contributed by atoms with Gasteiger partial charge in [-0.05, 0) is 17.5 Å². The molecule has 0 saturated heterocycles. The summed E-state index contributed by atoms with van der Waals surface area (Å²) in [6.07, 6.45) is -0.901. The Morgan fingerprint density at radius 2 is 1.80 bits per heavy atom. The first-order chi connectivity index (χ1) is 7.02. The van der Waals surface area contributed by atoms with E-state index in [4.69, 9.17) is 0 Å². The van der Waals surface area contributed by atoms with Crippen LogP contribution in [0.3, 0.4) is 0 Å². The molecule has 1 aromatic carbocycles. The van der Waals surface area contributed by atoms with Crippen molar-refractivity contribution in [1.29, 1.82) is 0 Å². The summed E-state index contributed by atoms with van der Waals surface area (Å²) in [6.45, 7) is 3.79. The van der Waals surface area contributed by atoms with Crippen molar-refractivity contribution in [2.45, 2.75) is 32.5 Å². The van der Waals surface area contributed by atoms with E-state index < -0.39 is 12.2 Å². The van der Waals surface area contributed by atoms with Crippen LogP contribution in [0.5, 0.6) is 0 Å². The molecular weight excluding hydrogens is 256 g/mol. The summed E-state index contributed by atoms with van der Waals surface area (Å²) < 4.78 is 0.972. The maximum Gasteiger partial charge on any atom is 0.0842 e. The zero-order valence-electron chi connectivity index (χ0n) is 9.02. The summed E-state index contributed by atoms with van der Waals surface area (Å²) in [4.78, 5) is 0. The molecule has 0 amide bonds. The molecule has 1 aromatic rings. The smallest absolute Gasteiger partial charge is 0.0842 e. The standard InChI is InChI=1S/C12H17BrO2/c1-8(2)12(15)11(14)7-9-5-3-4-6-10(9)13/h3-6,8,11-12,14-15H,7H2,1-2H3. The van der Waals surface area contributed by atoms with Gasteiger partial charge in [-0.25, -0.2) is 0 Å². The zero-order valence-corrected chi connectivity index (χ0v) is 10.6. The third kappa shape index (κ3) is 3.59. The normalized spacial score (nSPS) is 15.3. The van der Waals surface area contributed by atoms with Gasteiger partial charge >= 0.3 is 0 Å². The average molecular weight is 273 g/mol. The van der Waals surface area contributed by atoms with Gasteiger partial charge in [-0.3, -0.25) is 0 Å². The van der Waals surface area contributed by atoms with Crippen molar-refractivity contribution in [2.24, 2.45) is 5.92 Å². The fourth-order valence-corrected chi connectivity index (χ4v) is 1.90. The minimum absolute atomic E-state index is 0.0717. The average Bonchev–Trinajstić information content (AvgIpc) is 2.20. The Kier molecular flexibility index (Phi) is 4.77. The molecule has 2 N–H and O–H groups in total. The summed E-state index contributed by atoms with van der Waals surface area (Å²) in [5.41, 5.74) is 1.02. The number of halogens is 1. The molecule has 0 saturated carbocycles. The van der Waals surface area contributed by atoms with Crippen molar-refractivity contribution >= 4 is 15.9 Å². The number of benzene rings is 1. The summed E-state index contributed by atoms with van der Waals surface area (Å²) in [6, 6.07) is 7.73. The number of hydrogen-bond acceptors (Lipinski definition) is 2. The first-order valence-corrected chi connectivity index (χ1v) is 5.91. The van der Waals surface area contributed by atoms with Crippen LogP contribution in [-0.2, 0) is 6.42 Å². The number of hydrogen-bond donors (Lipinski definition) is 2. The first-order valence-electron chi connectivity index (χ1n) is 5.12. The molecule has 2 atom stereocenters. The molecule has 0 fully saturated rings. The Labute approximate surface area is 99.1 Å². The van der Waals surface area contributed by atoms with Crippen molar-refractivity contribution < 1.29 is 10.2 Å². The Morgan fingerprint density at radius 1 is 1.20 bits per heavy atom. The van der Waals surface area contributed by atoms with E-state index in [2.05, 4.69) is 15.9 Å². The summed E-state index contributed by atoms with van der Waals surface area (Å²) in [5.74, 6) is 0.0717. The van der Waals surface area contributed by atoms with Gasteiger partial charge in [0.2, 0.25) is 0 Å². The minimum atomic E-state index is -0.705. The number of aliphatic hydroxyl groups is 2. The number of rotatable bonds is 4. The predicted molar refractivity (Wildman–Crippen MR) is 64.7 cm³/mol. The molecule has 0 heterocycles. The van der Waals surface area contributed by atoms with Crippen LogP contribution in [0.2, 0.25) is 0 Å². The molecule has 0 bridgehead atoms. The Morgan fingerprint density at radius 3 is 2.33 bits per heavy atom. The van der Waals surface area contributed by atoms with Gasteiger partial charge in [-0.15, -0.1) is 0 Å². The van der Waals surface area contributed by atoms with Crippen LogP contribution in [0, 0.1) is 5.92 Å². The van der Waals surface area contributed by atoms with E-state index >= 15 is 0 Å². The van der Waals surface area contributed by atoms with E-state index in [1.165, 1.54) is 0 Å². The van der Waals surface area contributed by atoms with Crippen molar-refractivity contribution in [2.75, 3.05) is 0 Å². The fourth-order valence-electron chi connectivity index (χ4n) is 1.45. The highest BCUT2D eigenvalue weighted by molar-refractivity contribution is 9.10. The highest BCUT2D eigenvalue weighted by Crippen LogP contribution is 2.19. The topological polar surface area (TPSA) is 40.5 Å². The molecule has 2 unspecified atom stereocenters. The Hall–Kier alpha value is -0.380. The highest BCUT2D eigenvalue weighted by atomic mass is 79.9. The molecule has 0 aliphatic heterocycles. The van der Waals surface area contributed by atoms with E-state index in [-0.39, 0.29) is 5.92 Å². The lowest BCUT2D eigenvalue weighted by Gasteiger charge is -2.21. The van der Waals surface area contributed by atoms with Gasteiger partial charge in [-0.2, -0.15) is 0 Å². The largest absolute Gasteiger partial charge is 0.390 e. The van der Waals surface area contributed by atoms with Crippen LogP contribution in [0.25, 0.3) is 0 Å². The van der Waals surface area contributed by atoms with Crippen molar-refractivity contribution in [3.8, 4) is 0 Å². The van der Waals surface area contributed by atoms with E-state index in [9.17, 15) is 10.2 Å². The predicted octanol–water partition coefficient (Wildman–Crippen LogP) is 2.37. The molecule has 0 aromatic heterocycles. The van der Waals surface area contributed by atoms with Gasteiger partial charge in [0, 0.05) is 10.9 Å². The molecular formula is C12H17BrO2.